The largest absolute Gasteiger partial charge is 0.316 e. The molecule has 2 heteroatoms. The summed E-state index contributed by atoms with van der Waals surface area (Å²) in [5, 5.41) is 7.18. The van der Waals surface area contributed by atoms with Gasteiger partial charge >= 0.3 is 0 Å². The van der Waals surface area contributed by atoms with Crippen molar-refractivity contribution in [3.63, 3.8) is 0 Å². The normalized spacial score (nSPS) is 34.0. The van der Waals surface area contributed by atoms with Crippen molar-refractivity contribution in [2.75, 3.05) is 26.2 Å². The van der Waals surface area contributed by atoms with Gasteiger partial charge in [0.15, 0.2) is 0 Å². The maximum atomic E-state index is 3.71. The van der Waals surface area contributed by atoms with Gasteiger partial charge in [0.05, 0.1) is 0 Å². The summed E-state index contributed by atoms with van der Waals surface area (Å²) in [5.41, 5.74) is 0.676. The first-order valence-corrected chi connectivity index (χ1v) is 6.67. The molecule has 2 aliphatic rings. The van der Waals surface area contributed by atoms with E-state index in [1.54, 1.807) is 0 Å². The Kier molecular flexibility index (Phi) is 3.68. The Morgan fingerprint density at radius 2 is 2.13 bits per heavy atom. The van der Waals surface area contributed by atoms with Crippen LogP contribution in [0.25, 0.3) is 0 Å². The van der Waals surface area contributed by atoms with Crippen molar-refractivity contribution in [2.45, 2.75) is 39.5 Å². The lowest BCUT2D eigenvalue weighted by atomic mass is 9.67. The molecule has 0 bridgehead atoms. The second kappa shape index (κ2) is 4.84. The van der Waals surface area contributed by atoms with Crippen molar-refractivity contribution in [1.29, 1.82) is 0 Å². The molecule has 1 saturated carbocycles. The van der Waals surface area contributed by atoms with Crippen LogP contribution < -0.4 is 10.6 Å². The third-order valence-corrected chi connectivity index (χ3v) is 4.75. The van der Waals surface area contributed by atoms with Crippen molar-refractivity contribution in [3.8, 4) is 0 Å². The maximum Gasteiger partial charge on any atom is 0.000783 e. The van der Waals surface area contributed by atoms with Crippen molar-refractivity contribution in [2.24, 2.45) is 17.3 Å². The van der Waals surface area contributed by atoms with E-state index in [9.17, 15) is 0 Å². The smallest absolute Gasteiger partial charge is 0.000783 e. The highest BCUT2D eigenvalue weighted by Crippen LogP contribution is 2.43. The Balaban J connectivity index is 1.65. The van der Waals surface area contributed by atoms with E-state index >= 15 is 0 Å². The molecule has 2 atom stereocenters. The lowest BCUT2D eigenvalue weighted by Crippen LogP contribution is -2.41. The molecule has 0 radical (unpaired) electrons. The molecule has 88 valence electrons. The van der Waals surface area contributed by atoms with Gasteiger partial charge in [0.2, 0.25) is 0 Å². The standard InChI is InChI=1S/C13H26N2/c1-3-13(5-4-6-13)10-15-9-12-8-14-7-11(12)2/h11-12,14-15H,3-10H2,1-2H3. The molecule has 2 nitrogen and oxygen atoms in total. The average Bonchev–Trinajstić information content (AvgIpc) is 2.57. The molecule has 15 heavy (non-hydrogen) atoms. The zero-order valence-corrected chi connectivity index (χ0v) is 10.3. The molecule has 1 aliphatic heterocycles. The highest BCUT2D eigenvalue weighted by Gasteiger charge is 2.34. The van der Waals surface area contributed by atoms with Crippen LogP contribution in [0.2, 0.25) is 0 Å². The predicted octanol–water partition coefficient (Wildman–Crippen LogP) is 2.01. The monoisotopic (exact) mass is 210 g/mol. The highest BCUT2D eigenvalue weighted by molar-refractivity contribution is 4.89. The number of hydrogen-bond donors (Lipinski definition) is 2. The summed E-state index contributed by atoms with van der Waals surface area (Å²) in [4.78, 5) is 0. The molecular weight excluding hydrogens is 184 g/mol. The summed E-state index contributed by atoms with van der Waals surface area (Å²) in [6.45, 7) is 9.62. The van der Waals surface area contributed by atoms with Crippen molar-refractivity contribution in [3.05, 3.63) is 0 Å². The Hall–Kier alpha value is -0.0800. The Bertz CT molecular complexity index is 193. The van der Waals surface area contributed by atoms with Gasteiger partial charge in [-0.25, -0.2) is 0 Å². The summed E-state index contributed by atoms with van der Waals surface area (Å²) < 4.78 is 0. The Labute approximate surface area is 94.2 Å². The van der Waals surface area contributed by atoms with Crippen molar-refractivity contribution < 1.29 is 0 Å². The van der Waals surface area contributed by atoms with Crippen LogP contribution in [0.5, 0.6) is 0 Å². The predicted molar refractivity (Wildman–Crippen MR) is 65.0 cm³/mol. The van der Waals surface area contributed by atoms with Gasteiger partial charge in [-0.15, -0.1) is 0 Å². The average molecular weight is 210 g/mol. The molecule has 1 aliphatic carbocycles. The van der Waals surface area contributed by atoms with Crippen LogP contribution >= 0.6 is 0 Å². The molecule has 0 spiro atoms. The van der Waals surface area contributed by atoms with Crippen LogP contribution in [0.3, 0.4) is 0 Å². The molecule has 1 heterocycles. The van der Waals surface area contributed by atoms with E-state index in [1.165, 1.54) is 51.9 Å². The second-order valence-electron chi connectivity index (χ2n) is 5.73. The molecule has 2 unspecified atom stereocenters. The summed E-state index contributed by atoms with van der Waals surface area (Å²) >= 11 is 0. The summed E-state index contributed by atoms with van der Waals surface area (Å²) in [7, 11) is 0. The topological polar surface area (TPSA) is 24.1 Å². The molecule has 2 N–H and O–H groups in total. The van der Waals surface area contributed by atoms with Gasteiger partial charge in [-0.2, -0.15) is 0 Å². The molecule has 0 aromatic heterocycles. The Morgan fingerprint density at radius 3 is 2.60 bits per heavy atom. The zero-order valence-electron chi connectivity index (χ0n) is 10.3. The summed E-state index contributed by atoms with van der Waals surface area (Å²) in [6.07, 6.45) is 5.72. The summed E-state index contributed by atoms with van der Waals surface area (Å²) in [5.74, 6) is 1.72. The number of hydrogen-bond acceptors (Lipinski definition) is 2. The van der Waals surface area contributed by atoms with E-state index in [2.05, 4.69) is 24.5 Å². The fourth-order valence-corrected chi connectivity index (χ4v) is 2.99. The molecule has 2 fully saturated rings. The van der Waals surface area contributed by atoms with Gasteiger partial charge in [0.1, 0.15) is 0 Å². The molecule has 0 aromatic rings. The minimum Gasteiger partial charge on any atom is -0.316 e. The molecule has 0 aromatic carbocycles. The van der Waals surface area contributed by atoms with Gasteiger partial charge in [-0.05, 0) is 56.1 Å². The second-order valence-corrected chi connectivity index (χ2v) is 5.73. The quantitative estimate of drug-likeness (QED) is 0.725. The van der Waals surface area contributed by atoms with Crippen LogP contribution in [0.1, 0.15) is 39.5 Å². The van der Waals surface area contributed by atoms with Crippen molar-refractivity contribution >= 4 is 0 Å². The summed E-state index contributed by atoms with van der Waals surface area (Å²) in [6, 6.07) is 0. The lowest BCUT2D eigenvalue weighted by Gasteiger charge is -2.41. The van der Waals surface area contributed by atoms with Gasteiger partial charge < -0.3 is 10.6 Å². The Morgan fingerprint density at radius 1 is 1.33 bits per heavy atom. The van der Waals surface area contributed by atoms with E-state index in [1.807, 2.05) is 0 Å². The van der Waals surface area contributed by atoms with Gasteiger partial charge in [0.25, 0.3) is 0 Å². The van der Waals surface area contributed by atoms with Crippen molar-refractivity contribution in [1.82, 2.24) is 10.6 Å². The fraction of sp³-hybridized carbons (Fsp3) is 1.00. The van der Waals surface area contributed by atoms with Gasteiger partial charge in [0, 0.05) is 6.54 Å². The SMILES string of the molecule is CCC1(CNCC2CNCC2C)CCC1. The fourth-order valence-electron chi connectivity index (χ4n) is 2.99. The van der Waals surface area contributed by atoms with E-state index in [4.69, 9.17) is 0 Å². The third kappa shape index (κ3) is 2.54. The molecule has 1 saturated heterocycles. The highest BCUT2D eigenvalue weighted by atomic mass is 15.0. The maximum absolute atomic E-state index is 3.71. The van der Waals surface area contributed by atoms with E-state index < -0.39 is 0 Å². The minimum atomic E-state index is 0.676. The zero-order chi connectivity index (χ0) is 10.7. The number of rotatable bonds is 5. The van der Waals surface area contributed by atoms with Crippen LogP contribution in [0.15, 0.2) is 0 Å². The minimum absolute atomic E-state index is 0.676. The first-order valence-electron chi connectivity index (χ1n) is 6.67. The van der Waals surface area contributed by atoms with Crippen LogP contribution in [0, 0.1) is 17.3 Å². The van der Waals surface area contributed by atoms with E-state index in [-0.39, 0.29) is 0 Å². The first kappa shape index (κ1) is 11.4. The molecule has 0 amide bonds. The van der Waals surface area contributed by atoms with Crippen LogP contribution in [0.4, 0.5) is 0 Å². The third-order valence-electron chi connectivity index (χ3n) is 4.75. The molecular formula is C13H26N2. The molecule has 2 rings (SSSR count). The van der Waals surface area contributed by atoms with Crippen LogP contribution in [-0.4, -0.2) is 26.2 Å². The lowest BCUT2D eigenvalue weighted by molar-refractivity contribution is 0.122. The van der Waals surface area contributed by atoms with Crippen LogP contribution in [-0.2, 0) is 0 Å². The van der Waals surface area contributed by atoms with Gasteiger partial charge in [-0.1, -0.05) is 20.3 Å². The number of nitrogens with one attached hydrogen (secondary N) is 2. The van der Waals surface area contributed by atoms with E-state index in [0.717, 1.165) is 11.8 Å². The first-order chi connectivity index (χ1) is 7.26. The van der Waals surface area contributed by atoms with Gasteiger partial charge in [-0.3, -0.25) is 0 Å². The van der Waals surface area contributed by atoms with E-state index in [0.29, 0.717) is 5.41 Å².